The lowest BCUT2D eigenvalue weighted by Gasteiger charge is -2.36. The molecule has 0 aromatic heterocycles. The first-order valence-corrected chi connectivity index (χ1v) is 9.23. The molecule has 2 rings (SSSR count). The monoisotopic (exact) mass is 336 g/mol. The van der Waals surface area contributed by atoms with E-state index >= 15 is 0 Å². The molecular weight excluding hydrogens is 304 g/mol. The molecule has 0 amide bonds. The van der Waals surface area contributed by atoms with Gasteiger partial charge in [-0.1, -0.05) is 53.2 Å². The van der Waals surface area contributed by atoms with E-state index in [0.717, 1.165) is 12.8 Å². The highest BCUT2D eigenvalue weighted by Crippen LogP contribution is 2.59. The first-order chi connectivity index (χ1) is 11.1. The zero-order valence-corrected chi connectivity index (χ0v) is 15.6. The highest BCUT2D eigenvalue weighted by molar-refractivity contribution is 5.78. The average molecular weight is 336 g/mol. The minimum atomic E-state index is -0.847. The van der Waals surface area contributed by atoms with Gasteiger partial charge in [0.25, 0.3) is 0 Å². The second kappa shape index (κ2) is 7.28. The lowest BCUT2D eigenvalue weighted by atomic mass is 9.75. The quantitative estimate of drug-likeness (QED) is 0.580. The second-order valence-electron chi connectivity index (χ2n) is 8.65. The summed E-state index contributed by atoms with van der Waals surface area (Å²) >= 11 is 0. The normalized spacial score (nSPS) is 35.2. The minimum Gasteiger partial charge on any atom is -0.481 e. The van der Waals surface area contributed by atoms with Gasteiger partial charge in [-0.2, -0.15) is 0 Å². The molecule has 0 aromatic rings. The van der Waals surface area contributed by atoms with Gasteiger partial charge < -0.3 is 9.84 Å². The number of hydrogen-bond acceptors (Lipinski definition) is 3. The summed E-state index contributed by atoms with van der Waals surface area (Å²) in [6.07, 6.45) is 6.87. The van der Waals surface area contributed by atoms with Gasteiger partial charge in [0.2, 0.25) is 0 Å². The number of carboxylic acids is 1. The van der Waals surface area contributed by atoms with Gasteiger partial charge in [0.1, 0.15) is 6.10 Å². The van der Waals surface area contributed by atoms with Crippen molar-refractivity contribution in [2.24, 2.45) is 35.0 Å². The van der Waals surface area contributed by atoms with E-state index in [1.54, 1.807) is 6.08 Å². The molecule has 5 unspecified atom stereocenters. The van der Waals surface area contributed by atoms with Gasteiger partial charge >= 0.3 is 11.9 Å². The Morgan fingerprint density at radius 2 is 1.96 bits per heavy atom. The third-order valence-electron chi connectivity index (χ3n) is 6.03. The lowest BCUT2D eigenvalue weighted by molar-refractivity contribution is -0.158. The SMILES string of the molecule is CC1CCC(C(C)C)C(OC(=O)C2C(C=CCC(=O)O)C2(C)C)C1. The van der Waals surface area contributed by atoms with Crippen molar-refractivity contribution in [2.75, 3.05) is 0 Å². The fraction of sp³-hybridized carbons (Fsp3) is 0.800. The van der Waals surface area contributed by atoms with E-state index in [-0.39, 0.29) is 35.7 Å². The summed E-state index contributed by atoms with van der Waals surface area (Å²) < 4.78 is 5.96. The average Bonchev–Trinajstić information content (AvgIpc) is 2.99. The molecule has 0 saturated heterocycles. The molecule has 2 fully saturated rings. The van der Waals surface area contributed by atoms with Gasteiger partial charge in [-0.05, 0) is 41.9 Å². The maximum Gasteiger partial charge on any atom is 0.310 e. The van der Waals surface area contributed by atoms with Crippen LogP contribution in [-0.4, -0.2) is 23.1 Å². The molecule has 0 radical (unpaired) electrons. The number of allylic oxidation sites excluding steroid dienone is 1. The number of carboxylic acid groups (broad SMARTS) is 1. The van der Waals surface area contributed by atoms with Gasteiger partial charge in [-0.25, -0.2) is 0 Å². The number of aliphatic carboxylic acids is 1. The van der Waals surface area contributed by atoms with Crippen LogP contribution in [0.4, 0.5) is 0 Å². The molecule has 1 N–H and O–H groups in total. The number of carbonyl (C=O) groups is 2. The summed E-state index contributed by atoms with van der Waals surface area (Å²) in [5.74, 6) is 0.572. The number of carbonyl (C=O) groups excluding carboxylic acids is 1. The lowest BCUT2D eigenvalue weighted by Crippen LogP contribution is -2.36. The van der Waals surface area contributed by atoms with Crippen LogP contribution in [0.15, 0.2) is 12.2 Å². The number of esters is 1. The van der Waals surface area contributed by atoms with Crippen LogP contribution in [0.25, 0.3) is 0 Å². The Kier molecular flexibility index (Phi) is 5.77. The fourth-order valence-electron chi connectivity index (χ4n) is 4.28. The van der Waals surface area contributed by atoms with Gasteiger partial charge in [0.15, 0.2) is 0 Å². The molecule has 136 valence electrons. The molecule has 2 aliphatic carbocycles. The molecule has 4 heteroatoms. The smallest absolute Gasteiger partial charge is 0.310 e. The Morgan fingerprint density at radius 3 is 2.54 bits per heavy atom. The molecule has 0 aliphatic heterocycles. The van der Waals surface area contributed by atoms with Crippen molar-refractivity contribution in [3.63, 3.8) is 0 Å². The predicted octanol–water partition coefficient (Wildman–Crippen LogP) is 4.29. The number of rotatable bonds is 6. The van der Waals surface area contributed by atoms with Crippen LogP contribution in [0.3, 0.4) is 0 Å². The van der Waals surface area contributed by atoms with E-state index in [1.807, 2.05) is 6.08 Å². The van der Waals surface area contributed by atoms with Gasteiger partial charge in [-0.15, -0.1) is 0 Å². The number of ether oxygens (including phenoxy) is 1. The highest BCUT2D eigenvalue weighted by atomic mass is 16.5. The highest BCUT2D eigenvalue weighted by Gasteiger charge is 2.61. The Hall–Kier alpha value is -1.32. The Bertz CT molecular complexity index is 506. The molecule has 24 heavy (non-hydrogen) atoms. The molecule has 4 nitrogen and oxygen atoms in total. The molecular formula is C20H32O4. The van der Waals surface area contributed by atoms with E-state index < -0.39 is 5.97 Å². The third kappa shape index (κ3) is 4.20. The van der Waals surface area contributed by atoms with Gasteiger partial charge in [-0.3, -0.25) is 9.59 Å². The summed E-state index contributed by atoms with van der Waals surface area (Å²) in [7, 11) is 0. The van der Waals surface area contributed by atoms with Crippen molar-refractivity contribution in [3.05, 3.63) is 12.2 Å². The molecule has 0 heterocycles. The van der Waals surface area contributed by atoms with Crippen LogP contribution in [0.1, 0.15) is 60.3 Å². The van der Waals surface area contributed by atoms with Crippen LogP contribution >= 0.6 is 0 Å². The Balaban J connectivity index is 1.98. The Morgan fingerprint density at radius 1 is 1.29 bits per heavy atom. The summed E-state index contributed by atoms with van der Waals surface area (Å²) in [6.45, 7) is 10.8. The van der Waals surface area contributed by atoms with Crippen LogP contribution in [0.5, 0.6) is 0 Å². The van der Waals surface area contributed by atoms with Crippen LogP contribution in [0, 0.1) is 35.0 Å². The van der Waals surface area contributed by atoms with Crippen LogP contribution in [-0.2, 0) is 14.3 Å². The van der Waals surface area contributed by atoms with Crippen LogP contribution in [0.2, 0.25) is 0 Å². The zero-order valence-electron chi connectivity index (χ0n) is 15.6. The third-order valence-corrected chi connectivity index (χ3v) is 6.03. The fourth-order valence-corrected chi connectivity index (χ4v) is 4.28. The van der Waals surface area contributed by atoms with Crippen molar-refractivity contribution in [3.8, 4) is 0 Å². The predicted molar refractivity (Wildman–Crippen MR) is 93.4 cm³/mol. The first kappa shape index (κ1) is 19.0. The molecule has 0 aromatic carbocycles. The topological polar surface area (TPSA) is 63.6 Å². The van der Waals surface area contributed by atoms with E-state index in [1.165, 1.54) is 6.42 Å². The van der Waals surface area contributed by atoms with E-state index in [2.05, 4.69) is 34.6 Å². The Labute approximate surface area is 145 Å². The molecule has 2 saturated carbocycles. The largest absolute Gasteiger partial charge is 0.481 e. The van der Waals surface area contributed by atoms with Crippen molar-refractivity contribution in [1.82, 2.24) is 0 Å². The maximum atomic E-state index is 12.7. The van der Waals surface area contributed by atoms with E-state index in [0.29, 0.717) is 17.8 Å². The van der Waals surface area contributed by atoms with Crippen molar-refractivity contribution in [2.45, 2.75) is 66.4 Å². The molecule has 0 spiro atoms. The first-order valence-electron chi connectivity index (χ1n) is 9.23. The van der Waals surface area contributed by atoms with E-state index in [4.69, 9.17) is 9.84 Å². The summed E-state index contributed by atoms with van der Waals surface area (Å²) in [5.41, 5.74) is -0.139. The summed E-state index contributed by atoms with van der Waals surface area (Å²) in [5, 5.41) is 8.73. The standard InChI is InChI=1S/C20H32O4/c1-12(2)14-10-9-13(3)11-16(14)24-19(23)18-15(20(18,4)5)7-6-8-17(21)22/h6-7,12-16,18H,8-11H2,1-5H3,(H,21,22). The molecule has 2 aliphatic rings. The van der Waals surface area contributed by atoms with Crippen molar-refractivity contribution < 1.29 is 19.4 Å². The van der Waals surface area contributed by atoms with Gasteiger partial charge in [0, 0.05) is 0 Å². The maximum absolute atomic E-state index is 12.7. The second-order valence-corrected chi connectivity index (χ2v) is 8.65. The number of hydrogen-bond donors (Lipinski definition) is 1. The van der Waals surface area contributed by atoms with Crippen LogP contribution < -0.4 is 0 Å². The zero-order chi connectivity index (χ0) is 18.1. The molecule has 5 atom stereocenters. The minimum absolute atomic E-state index is 0.00388. The van der Waals surface area contributed by atoms with E-state index in [9.17, 15) is 9.59 Å². The van der Waals surface area contributed by atoms with Crippen molar-refractivity contribution in [1.29, 1.82) is 0 Å². The van der Waals surface area contributed by atoms with Gasteiger partial charge in [0.05, 0.1) is 12.3 Å². The summed E-state index contributed by atoms with van der Waals surface area (Å²) in [4.78, 5) is 23.3. The van der Waals surface area contributed by atoms with Crippen molar-refractivity contribution >= 4 is 11.9 Å². The molecule has 0 bridgehead atoms. The summed E-state index contributed by atoms with van der Waals surface area (Å²) in [6, 6.07) is 0.